The second-order valence-corrected chi connectivity index (χ2v) is 14.7. The largest absolute Gasteiger partial charge is 0.292 e. The van der Waals surface area contributed by atoms with Gasteiger partial charge in [-0.15, -0.1) is 0 Å². The zero-order chi connectivity index (χ0) is 32.5. The van der Waals surface area contributed by atoms with Crippen molar-refractivity contribution >= 4 is 43.5 Å². The highest BCUT2D eigenvalue weighted by atomic mass is 15.1. The molecular weight excluding hydrogens is 571 g/mol. The van der Waals surface area contributed by atoms with Crippen molar-refractivity contribution < 1.29 is 0 Å². The first-order chi connectivity index (χ1) is 22.6. The van der Waals surface area contributed by atoms with E-state index in [4.69, 9.17) is 9.97 Å². The van der Waals surface area contributed by atoms with E-state index in [0.717, 1.165) is 33.6 Å². The van der Waals surface area contributed by atoms with Crippen LogP contribution in [0.2, 0.25) is 0 Å². The highest BCUT2D eigenvalue weighted by molar-refractivity contribution is 6.17. The van der Waals surface area contributed by atoms with E-state index in [1.165, 1.54) is 49.2 Å². The van der Waals surface area contributed by atoms with E-state index in [9.17, 15) is 0 Å². The number of aromatic nitrogens is 3. The summed E-state index contributed by atoms with van der Waals surface area (Å²) in [6.45, 7) is 14.0. The van der Waals surface area contributed by atoms with Crippen molar-refractivity contribution in [2.75, 3.05) is 0 Å². The molecule has 0 aliphatic heterocycles. The smallest absolute Gasteiger partial charge is 0.145 e. The van der Waals surface area contributed by atoms with E-state index in [-0.39, 0.29) is 10.8 Å². The molecule has 0 aliphatic rings. The summed E-state index contributed by atoms with van der Waals surface area (Å²) in [5.41, 5.74) is 10.4. The maximum atomic E-state index is 5.08. The molecule has 0 atom stereocenters. The zero-order valence-electron chi connectivity index (χ0n) is 28.0. The first-order valence-electron chi connectivity index (χ1n) is 16.5. The molecule has 0 N–H and O–H groups in total. The van der Waals surface area contributed by atoms with Crippen molar-refractivity contribution in [1.82, 2.24) is 14.5 Å². The van der Waals surface area contributed by atoms with Gasteiger partial charge in [0.05, 0.1) is 16.6 Å². The van der Waals surface area contributed by atoms with E-state index < -0.39 is 0 Å². The molecule has 0 radical (unpaired) electrons. The standard InChI is InChI=1S/C44H39N3/c1-43(2,3)39-34-25-22-29-13-12-26-45-41(29)38(34)40(44(4,5)6)33-24-23-31(27-35(33)39)28-18-20-30(21-19-28)42-46-36-16-10-11-17-37(36)47(42)32-14-8-7-9-15-32/h7-27H,1-6H3. The molecule has 0 saturated heterocycles. The Morgan fingerprint density at radius 3 is 1.94 bits per heavy atom. The molecule has 2 heterocycles. The number of pyridine rings is 1. The topological polar surface area (TPSA) is 30.7 Å². The highest BCUT2D eigenvalue weighted by Gasteiger charge is 2.29. The van der Waals surface area contributed by atoms with Gasteiger partial charge in [0.1, 0.15) is 5.82 Å². The number of hydrogen-bond acceptors (Lipinski definition) is 2. The van der Waals surface area contributed by atoms with Crippen molar-refractivity contribution in [3.8, 4) is 28.2 Å². The lowest BCUT2D eigenvalue weighted by atomic mass is 9.73. The quantitative estimate of drug-likeness (QED) is 0.147. The molecular formula is C44H39N3. The van der Waals surface area contributed by atoms with Crippen LogP contribution < -0.4 is 0 Å². The first-order valence-corrected chi connectivity index (χ1v) is 16.5. The van der Waals surface area contributed by atoms with Crippen LogP contribution in [0.15, 0.2) is 128 Å². The van der Waals surface area contributed by atoms with Gasteiger partial charge in [0, 0.05) is 28.2 Å². The van der Waals surface area contributed by atoms with Crippen LogP contribution in [0.5, 0.6) is 0 Å². The summed E-state index contributed by atoms with van der Waals surface area (Å²) in [7, 11) is 0. The molecule has 8 aromatic rings. The average molecular weight is 610 g/mol. The Kier molecular flexibility index (Phi) is 6.59. The summed E-state index contributed by atoms with van der Waals surface area (Å²) in [5.74, 6) is 0.944. The third-order valence-corrected chi connectivity index (χ3v) is 9.40. The number of rotatable bonds is 3. The van der Waals surface area contributed by atoms with Crippen LogP contribution in [0.1, 0.15) is 52.7 Å². The van der Waals surface area contributed by atoms with Crippen LogP contribution in [0.3, 0.4) is 0 Å². The number of imidazole rings is 1. The van der Waals surface area contributed by atoms with Crippen molar-refractivity contribution in [2.24, 2.45) is 0 Å². The first kappa shape index (κ1) is 29.1. The van der Waals surface area contributed by atoms with Crippen LogP contribution in [-0.2, 0) is 10.8 Å². The minimum atomic E-state index is -0.0773. The van der Waals surface area contributed by atoms with E-state index in [2.05, 4.69) is 161 Å². The Morgan fingerprint density at radius 1 is 0.532 bits per heavy atom. The van der Waals surface area contributed by atoms with E-state index in [1.807, 2.05) is 12.3 Å². The summed E-state index contributed by atoms with van der Waals surface area (Å²) in [6, 6.07) is 43.6. The van der Waals surface area contributed by atoms with E-state index in [1.54, 1.807) is 0 Å². The van der Waals surface area contributed by atoms with Crippen LogP contribution in [0.4, 0.5) is 0 Å². The maximum Gasteiger partial charge on any atom is 0.145 e. The van der Waals surface area contributed by atoms with Gasteiger partial charge in [0.2, 0.25) is 0 Å². The van der Waals surface area contributed by atoms with Crippen molar-refractivity contribution in [2.45, 2.75) is 52.4 Å². The third kappa shape index (κ3) is 4.80. The number of fused-ring (bicyclic) bond motifs is 5. The molecule has 230 valence electrons. The Balaban J connectivity index is 1.33. The van der Waals surface area contributed by atoms with Gasteiger partial charge in [0.25, 0.3) is 0 Å². The fourth-order valence-electron chi connectivity index (χ4n) is 7.49. The molecule has 0 unspecified atom stereocenters. The lowest BCUT2D eigenvalue weighted by molar-refractivity contribution is 0.593. The zero-order valence-corrected chi connectivity index (χ0v) is 28.0. The summed E-state index contributed by atoms with van der Waals surface area (Å²) in [5, 5.41) is 6.39. The number of hydrogen-bond donors (Lipinski definition) is 0. The fourth-order valence-corrected chi connectivity index (χ4v) is 7.49. The molecule has 3 nitrogen and oxygen atoms in total. The van der Waals surface area contributed by atoms with Gasteiger partial charge in [-0.1, -0.05) is 126 Å². The normalized spacial score (nSPS) is 12.5. The van der Waals surface area contributed by atoms with Gasteiger partial charge < -0.3 is 0 Å². The fraction of sp³-hybridized carbons (Fsp3) is 0.182. The molecule has 0 spiro atoms. The molecule has 3 heteroatoms. The molecule has 0 saturated carbocycles. The minimum Gasteiger partial charge on any atom is -0.292 e. The van der Waals surface area contributed by atoms with Crippen LogP contribution in [0.25, 0.3) is 71.7 Å². The van der Waals surface area contributed by atoms with Gasteiger partial charge >= 0.3 is 0 Å². The van der Waals surface area contributed by atoms with Crippen molar-refractivity contribution in [3.05, 3.63) is 139 Å². The average Bonchev–Trinajstić information content (AvgIpc) is 3.46. The third-order valence-electron chi connectivity index (χ3n) is 9.40. The van der Waals surface area contributed by atoms with Crippen LogP contribution in [0, 0.1) is 0 Å². The molecule has 0 aliphatic carbocycles. The van der Waals surface area contributed by atoms with Crippen molar-refractivity contribution in [3.63, 3.8) is 0 Å². The van der Waals surface area contributed by atoms with Gasteiger partial charge in [-0.2, -0.15) is 0 Å². The van der Waals surface area contributed by atoms with Crippen molar-refractivity contribution in [1.29, 1.82) is 0 Å². The molecule has 6 aromatic carbocycles. The van der Waals surface area contributed by atoms with E-state index in [0.29, 0.717) is 0 Å². The van der Waals surface area contributed by atoms with Gasteiger partial charge in [0.15, 0.2) is 0 Å². The Morgan fingerprint density at radius 2 is 1.19 bits per heavy atom. The van der Waals surface area contributed by atoms with Gasteiger partial charge in [-0.3, -0.25) is 9.55 Å². The molecule has 47 heavy (non-hydrogen) atoms. The Hall–Kier alpha value is -5.28. The number of para-hydroxylation sites is 3. The van der Waals surface area contributed by atoms with E-state index >= 15 is 0 Å². The Labute approximate surface area is 276 Å². The minimum absolute atomic E-state index is 0.0750. The second kappa shape index (κ2) is 10.6. The predicted molar refractivity (Wildman–Crippen MR) is 200 cm³/mol. The lowest BCUT2D eigenvalue weighted by Crippen LogP contribution is -2.18. The highest BCUT2D eigenvalue weighted by Crippen LogP contribution is 2.46. The monoisotopic (exact) mass is 609 g/mol. The summed E-state index contributed by atoms with van der Waals surface area (Å²) >= 11 is 0. The molecule has 0 bridgehead atoms. The predicted octanol–water partition coefficient (Wildman–Crippen LogP) is 11.8. The Bertz CT molecular complexity index is 2450. The molecule has 8 rings (SSSR count). The number of benzene rings is 6. The molecule has 2 aromatic heterocycles. The summed E-state index contributed by atoms with van der Waals surface area (Å²) in [6.07, 6.45) is 1.93. The van der Waals surface area contributed by atoms with Crippen LogP contribution in [-0.4, -0.2) is 14.5 Å². The van der Waals surface area contributed by atoms with Gasteiger partial charge in [-0.25, -0.2) is 4.98 Å². The number of nitrogens with zero attached hydrogens (tertiary/aromatic N) is 3. The molecule has 0 amide bonds. The summed E-state index contributed by atoms with van der Waals surface area (Å²) < 4.78 is 2.26. The molecule has 0 fully saturated rings. The maximum absolute atomic E-state index is 5.08. The SMILES string of the molecule is CC(C)(C)c1c2cc(-c3ccc(-c4nc5ccccc5n4-c4ccccc4)cc3)ccc2c(C(C)(C)C)c2c1ccc1cccnc12. The van der Waals surface area contributed by atoms with Crippen LogP contribution >= 0.6 is 0 Å². The summed E-state index contributed by atoms with van der Waals surface area (Å²) in [4.78, 5) is 10.0. The second-order valence-electron chi connectivity index (χ2n) is 14.7. The van der Waals surface area contributed by atoms with Gasteiger partial charge in [-0.05, 0) is 85.6 Å². The lowest BCUT2D eigenvalue weighted by Gasteiger charge is -2.31.